The highest BCUT2D eigenvalue weighted by atomic mass is 35.5. The quantitative estimate of drug-likeness (QED) is 0.781. The van der Waals surface area contributed by atoms with Gasteiger partial charge in [0.25, 0.3) is 5.91 Å². The van der Waals surface area contributed by atoms with E-state index >= 15 is 0 Å². The number of amides is 3. The number of likely N-dealkylation sites (tertiary alicyclic amines) is 1. The first-order chi connectivity index (χ1) is 12.9. The van der Waals surface area contributed by atoms with Crippen molar-refractivity contribution in [1.29, 1.82) is 0 Å². The highest BCUT2D eigenvalue weighted by Crippen LogP contribution is 2.37. The molecule has 28 heavy (non-hydrogen) atoms. The summed E-state index contributed by atoms with van der Waals surface area (Å²) in [4.78, 5) is 38.3. The van der Waals surface area contributed by atoms with E-state index in [0.717, 1.165) is 4.31 Å². The van der Waals surface area contributed by atoms with Crippen molar-refractivity contribution in [1.82, 2.24) is 4.90 Å². The van der Waals surface area contributed by atoms with Crippen molar-refractivity contribution in [3.05, 3.63) is 28.8 Å². The summed E-state index contributed by atoms with van der Waals surface area (Å²) in [7, 11) is -3.83. The SMILES string of the molecule is CC1(C)CS(=O)(=O)N(c2ccc(Cl)c(C(=O)N3CCC(C(N)=O)CC3)c2)C1=O. The van der Waals surface area contributed by atoms with E-state index in [1.807, 2.05) is 0 Å². The fourth-order valence-electron chi connectivity index (χ4n) is 3.60. The second-order valence-electron chi connectivity index (χ2n) is 7.84. The van der Waals surface area contributed by atoms with Crippen molar-refractivity contribution >= 4 is 45.0 Å². The molecule has 0 bridgehead atoms. The number of halogens is 1. The lowest BCUT2D eigenvalue weighted by molar-refractivity contribution is -0.124. The van der Waals surface area contributed by atoms with E-state index in [4.69, 9.17) is 17.3 Å². The lowest BCUT2D eigenvalue weighted by atomic mass is 9.95. The molecule has 2 N–H and O–H groups in total. The minimum absolute atomic E-state index is 0.0929. The highest BCUT2D eigenvalue weighted by molar-refractivity contribution is 7.94. The monoisotopic (exact) mass is 427 g/mol. The molecule has 2 saturated heterocycles. The summed E-state index contributed by atoms with van der Waals surface area (Å²) >= 11 is 6.19. The smallest absolute Gasteiger partial charge is 0.255 e. The number of rotatable bonds is 3. The Labute approximate surface area is 168 Å². The van der Waals surface area contributed by atoms with Gasteiger partial charge >= 0.3 is 0 Å². The molecule has 0 unspecified atom stereocenters. The molecule has 1 aromatic rings. The van der Waals surface area contributed by atoms with Crippen LogP contribution in [0.25, 0.3) is 0 Å². The van der Waals surface area contributed by atoms with E-state index in [0.29, 0.717) is 25.9 Å². The van der Waals surface area contributed by atoms with Crippen molar-refractivity contribution < 1.29 is 22.8 Å². The molecule has 10 heteroatoms. The molecular weight excluding hydrogens is 406 g/mol. The van der Waals surface area contributed by atoms with Crippen molar-refractivity contribution in [3.8, 4) is 0 Å². The molecule has 0 atom stereocenters. The number of nitrogens with two attached hydrogens (primary N) is 1. The van der Waals surface area contributed by atoms with Crippen LogP contribution < -0.4 is 10.0 Å². The van der Waals surface area contributed by atoms with E-state index in [1.54, 1.807) is 18.7 Å². The van der Waals surface area contributed by atoms with Gasteiger partial charge in [-0.25, -0.2) is 12.7 Å². The molecule has 1 aromatic carbocycles. The average Bonchev–Trinajstić information content (AvgIpc) is 2.78. The molecular formula is C18H22ClN3O5S. The van der Waals surface area contributed by atoms with Crippen LogP contribution in [0.15, 0.2) is 18.2 Å². The standard InChI is InChI=1S/C18H22ClN3O5S/c1-18(2)10-28(26,27)22(17(18)25)12-3-4-14(19)13(9-12)16(24)21-7-5-11(6-8-21)15(20)23/h3-4,9,11H,5-8,10H2,1-2H3,(H2,20,23). The van der Waals surface area contributed by atoms with Crippen molar-refractivity contribution in [3.63, 3.8) is 0 Å². The minimum Gasteiger partial charge on any atom is -0.369 e. The Bertz CT molecular complexity index is 952. The Kier molecular flexibility index (Phi) is 5.18. The summed E-state index contributed by atoms with van der Waals surface area (Å²) in [5.41, 5.74) is 4.48. The average molecular weight is 428 g/mol. The third-order valence-corrected chi connectivity index (χ3v) is 7.53. The second kappa shape index (κ2) is 7.04. The van der Waals surface area contributed by atoms with E-state index < -0.39 is 21.3 Å². The van der Waals surface area contributed by atoms with Gasteiger partial charge in [-0.1, -0.05) is 11.6 Å². The van der Waals surface area contributed by atoms with Gasteiger partial charge in [-0.05, 0) is 44.9 Å². The van der Waals surface area contributed by atoms with Crippen molar-refractivity contribution in [2.24, 2.45) is 17.1 Å². The topological polar surface area (TPSA) is 118 Å². The van der Waals surface area contributed by atoms with Crippen LogP contribution in [0, 0.1) is 11.3 Å². The third-order valence-electron chi connectivity index (χ3n) is 5.18. The summed E-state index contributed by atoms with van der Waals surface area (Å²) < 4.78 is 25.7. The first kappa shape index (κ1) is 20.6. The van der Waals surface area contributed by atoms with Gasteiger partial charge in [0.2, 0.25) is 21.8 Å². The van der Waals surface area contributed by atoms with Crippen LogP contribution in [0.3, 0.4) is 0 Å². The number of benzene rings is 1. The predicted octanol–water partition coefficient (Wildman–Crippen LogP) is 1.38. The number of primary amides is 1. The number of hydrogen-bond donors (Lipinski definition) is 1. The van der Waals surface area contributed by atoms with Gasteiger partial charge < -0.3 is 10.6 Å². The molecule has 2 aliphatic heterocycles. The molecule has 0 radical (unpaired) electrons. The summed E-state index contributed by atoms with van der Waals surface area (Å²) in [5, 5.41) is 0.161. The minimum atomic E-state index is -3.83. The Morgan fingerprint density at radius 1 is 1.21 bits per heavy atom. The van der Waals surface area contributed by atoms with E-state index in [9.17, 15) is 22.8 Å². The van der Waals surface area contributed by atoms with Gasteiger partial charge in [-0.2, -0.15) is 0 Å². The Morgan fingerprint density at radius 3 is 2.32 bits per heavy atom. The lowest BCUT2D eigenvalue weighted by Crippen LogP contribution is -2.42. The molecule has 0 aromatic heterocycles. The molecule has 8 nitrogen and oxygen atoms in total. The fourth-order valence-corrected chi connectivity index (χ4v) is 5.90. The molecule has 3 rings (SSSR count). The van der Waals surface area contributed by atoms with Crippen LogP contribution in [-0.2, 0) is 19.6 Å². The second-order valence-corrected chi connectivity index (χ2v) is 10.1. The molecule has 0 spiro atoms. The van der Waals surface area contributed by atoms with E-state index in [2.05, 4.69) is 0 Å². The van der Waals surface area contributed by atoms with Gasteiger partial charge in [-0.3, -0.25) is 14.4 Å². The summed E-state index contributed by atoms with van der Waals surface area (Å²) in [5.74, 6) is -1.87. The summed E-state index contributed by atoms with van der Waals surface area (Å²) in [6, 6.07) is 4.16. The van der Waals surface area contributed by atoms with Gasteiger partial charge in [0.05, 0.1) is 27.4 Å². The maximum atomic E-state index is 12.9. The maximum absolute atomic E-state index is 12.9. The Hall–Kier alpha value is -2.13. The number of nitrogens with zero attached hydrogens (tertiary/aromatic N) is 2. The largest absolute Gasteiger partial charge is 0.369 e. The van der Waals surface area contributed by atoms with Crippen molar-refractivity contribution in [2.75, 3.05) is 23.1 Å². The van der Waals surface area contributed by atoms with Crippen LogP contribution in [0.1, 0.15) is 37.0 Å². The van der Waals surface area contributed by atoms with Crippen LogP contribution in [0.2, 0.25) is 5.02 Å². The summed E-state index contributed by atoms with van der Waals surface area (Å²) in [6.07, 6.45) is 0.928. The lowest BCUT2D eigenvalue weighted by Gasteiger charge is -2.31. The Balaban J connectivity index is 1.90. The van der Waals surface area contributed by atoms with Gasteiger partial charge in [-0.15, -0.1) is 0 Å². The van der Waals surface area contributed by atoms with Crippen molar-refractivity contribution in [2.45, 2.75) is 26.7 Å². The molecule has 2 aliphatic rings. The van der Waals surface area contributed by atoms with Gasteiger partial charge in [0, 0.05) is 19.0 Å². The molecule has 0 saturated carbocycles. The van der Waals surface area contributed by atoms with E-state index in [1.165, 1.54) is 18.2 Å². The first-order valence-electron chi connectivity index (χ1n) is 8.89. The normalized spacial score (nSPS) is 21.8. The molecule has 152 valence electrons. The third kappa shape index (κ3) is 3.60. The van der Waals surface area contributed by atoms with Gasteiger partial charge in [0.15, 0.2) is 0 Å². The molecule has 2 heterocycles. The number of carbonyl (C=O) groups excluding carboxylic acids is 3. The predicted molar refractivity (Wildman–Crippen MR) is 104 cm³/mol. The number of hydrogen-bond acceptors (Lipinski definition) is 5. The number of anilines is 1. The number of sulfonamides is 1. The van der Waals surface area contributed by atoms with Crippen LogP contribution in [-0.4, -0.2) is 49.9 Å². The van der Waals surface area contributed by atoms with Crippen LogP contribution >= 0.6 is 11.6 Å². The first-order valence-corrected chi connectivity index (χ1v) is 10.9. The number of carbonyl (C=O) groups is 3. The van der Waals surface area contributed by atoms with Crippen LogP contribution in [0.5, 0.6) is 0 Å². The molecule has 0 aliphatic carbocycles. The highest BCUT2D eigenvalue weighted by Gasteiger charge is 2.50. The summed E-state index contributed by atoms with van der Waals surface area (Å²) in [6.45, 7) is 3.83. The fraction of sp³-hybridized carbons (Fsp3) is 0.500. The number of piperidine rings is 1. The molecule has 2 fully saturated rings. The zero-order valence-corrected chi connectivity index (χ0v) is 17.2. The maximum Gasteiger partial charge on any atom is 0.255 e. The zero-order chi connectivity index (χ0) is 20.9. The zero-order valence-electron chi connectivity index (χ0n) is 15.6. The van der Waals surface area contributed by atoms with Gasteiger partial charge in [0.1, 0.15) is 0 Å². The molecule has 3 amide bonds. The Morgan fingerprint density at radius 2 is 1.82 bits per heavy atom. The van der Waals surface area contributed by atoms with Crippen LogP contribution in [0.4, 0.5) is 5.69 Å². The van der Waals surface area contributed by atoms with E-state index in [-0.39, 0.29) is 39.8 Å².